The van der Waals surface area contributed by atoms with Crippen molar-refractivity contribution in [3.8, 4) is 5.75 Å². The largest absolute Gasteiger partial charge is 0.497 e. The molecule has 0 aliphatic rings. The van der Waals surface area contributed by atoms with E-state index >= 15 is 0 Å². The van der Waals surface area contributed by atoms with Crippen LogP contribution in [0.5, 0.6) is 5.75 Å². The van der Waals surface area contributed by atoms with Gasteiger partial charge in [0.25, 0.3) is 0 Å². The lowest BCUT2D eigenvalue weighted by Crippen LogP contribution is -2.39. The number of methoxy groups -OCH3 is 1. The number of nitrogens with one attached hydrogen (secondary N) is 2. The summed E-state index contributed by atoms with van der Waals surface area (Å²) in [5.74, 6) is 2.02. The van der Waals surface area contributed by atoms with Crippen molar-refractivity contribution in [1.82, 2.24) is 10.6 Å². The lowest BCUT2D eigenvalue weighted by Gasteiger charge is -2.16. The Labute approximate surface area is 150 Å². The van der Waals surface area contributed by atoms with Gasteiger partial charge in [0.1, 0.15) is 5.75 Å². The highest BCUT2D eigenvalue weighted by Gasteiger charge is 2.08. The van der Waals surface area contributed by atoms with E-state index in [1.807, 2.05) is 31.2 Å². The summed E-state index contributed by atoms with van der Waals surface area (Å²) >= 11 is 0. The van der Waals surface area contributed by atoms with Crippen molar-refractivity contribution in [2.24, 2.45) is 10.9 Å². The minimum Gasteiger partial charge on any atom is -0.497 e. The van der Waals surface area contributed by atoms with Crippen LogP contribution in [0.15, 0.2) is 29.3 Å². The zero-order valence-corrected chi connectivity index (χ0v) is 16.1. The van der Waals surface area contributed by atoms with Crippen LogP contribution in [0.4, 0.5) is 0 Å². The van der Waals surface area contributed by atoms with Crippen LogP contribution in [-0.2, 0) is 0 Å². The molecular weight excluding hydrogens is 393 g/mol. The average Bonchev–Trinajstić information content (AvgIpc) is 2.49. The van der Waals surface area contributed by atoms with Gasteiger partial charge in [0.2, 0.25) is 0 Å². The maximum Gasteiger partial charge on any atom is 0.191 e. The summed E-state index contributed by atoms with van der Waals surface area (Å²) in [6.07, 6.45) is -0.584. The fourth-order valence-electron chi connectivity index (χ4n) is 1.75. The van der Waals surface area contributed by atoms with Crippen molar-refractivity contribution in [3.63, 3.8) is 0 Å². The normalized spacial score (nSPS) is 12.5. The third-order valence-corrected chi connectivity index (χ3v) is 2.92. The molecule has 0 aromatic heterocycles. The first kappa shape index (κ1) is 21.0. The first-order valence-corrected chi connectivity index (χ1v) is 7.41. The number of rotatable bonds is 7. The van der Waals surface area contributed by atoms with Gasteiger partial charge in [0, 0.05) is 19.6 Å². The van der Waals surface area contributed by atoms with E-state index in [4.69, 9.17) is 4.74 Å². The number of benzene rings is 1. The monoisotopic (exact) mass is 421 g/mol. The number of halogens is 1. The Kier molecular flexibility index (Phi) is 11.0. The van der Waals surface area contributed by atoms with Gasteiger partial charge in [-0.25, -0.2) is 0 Å². The molecule has 0 saturated heterocycles. The molecule has 0 aliphatic carbocycles. The summed E-state index contributed by atoms with van der Waals surface area (Å²) in [4.78, 5) is 4.47. The highest BCUT2D eigenvalue weighted by molar-refractivity contribution is 14.0. The SMILES string of the molecule is CCNC(=NCC(C)C)NCC(O)c1ccc(OC)cc1.I. The number of aliphatic hydroxyl groups excluding tert-OH is 1. The molecule has 3 N–H and O–H groups in total. The zero-order valence-electron chi connectivity index (χ0n) is 13.8. The predicted octanol–water partition coefficient (Wildman–Crippen LogP) is 2.56. The van der Waals surface area contributed by atoms with E-state index in [-0.39, 0.29) is 24.0 Å². The van der Waals surface area contributed by atoms with Gasteiger partial charge in [0.15, 0.2) is 5.96 Å². The molecule has 0 bridgehead atoms. The van der Waals surface area contributed by atoms with E-state index < -0.39 is 6.10 Å². The van der Waals surface area contributed by atoms with Crippen molar-refractivity contribution in [2.45, 2.75) is 26.9 Å². The summed E-state index contributed by atoms with van der Waals surface area (Å²) < 4.78 is 5.11. The van der Waals surface area contributed by atoms with E-state index in [1.165, 1.54) is 0 Å². The molecule has 0 aliphatic heterocycles. The highest BCUT2D eigenvalue weighted by atomic mass is 127. The molecule has 1 aromatic carbocycles. The first-order valence-electron chi connectivity index (χ1n) is 7.41. The minimum absolute atomic E-state index is 0. The maximum atomic E-state index is 10.2. The second-order valence-electron chi connectivity index (χ2n) is 5.28. The fourth-order valence-corrected chi connectivity index (χ4v) is 1.75. The Morgan fingerprint density at radius 2 is 1.86 bits per heavy atom. The van der Waals surface area contributed by atoms with Crippen molar-refractivity contribution in [1.29, 1.82) is 0 Å². The molecule has 5 nitrogen and oxygen atoms in total. The number of aliphatic hydroxyl groups is 1. The molecule has 0 spiro atoms. The van der Waals surface area contributed by atoms with Crippen LogP contribution in [0, 0.1) is 5.92 Å². The summed E-state index contributed by atoms with van der Waals surface area (Å²) in [5.41, 5.74) is 0.850. The number of hydrogen-bond acceptors (Lipinski definition) is 3. The number of hydrogen-bond donors (Lipinski definition) is 3. The van der Waals surface area contributed by atoms with Crippen LogP contribution in [0.3, 0.4) is 0 Å². The van der Waals surface area contributed by atoms with E-state index in [9.17, 15) is 5.11 Å². The Bertz CT molecular complexity index is 436. The fraction of sp³-hybridized carbons (Fsp3) is 0.562. The quantitative estimate of drug-likeness (QED) is 0.360. The molecule has 6 heteroatoms. The molecule has 0 heterocycles. The number of aliphatic imine (C=N–C) groups is 1. The van der Waals surface area contributed by atoms with E-state index in [0.717, 1.165) is 30.4 Å². The molecule has 1 aromatic rings. The second kappa shape index (κ2) is 11.5. The number of guanidine groups is 1. The van der Waals surface area contributed by atoms with E-state index in [2.05, 4.69) is 29.5 Å². The molecule has 0 amide bonds. The lowest BCUT2D eigenvalue weighted by molar-refractivity contribution is 0.180. The van der Waals surface area contributed by atoms with Crippen LogP contribution >= 0.6 is 24.0 Å². The van der Waals surface area contributed by atoms with Crippen molar-refractivity contribution >= 4 is 29.9 Å². The Hall–Kier alpha value is -1.02. The molecule has 0 fully saturated rings. The van der Waals surface area contributed by atoms with Crippen LogP contribution in [0.25, 0.3) is 0 Å². The Morgan fingerprint density at radius 3 is 2.36 bits per heavy atom. The van der Waals surface area contributed by atoms with Gasteiger partial charge in [0.05, 0.1) is 13.2 Å². The number of ether oxygens (including phenoxy) is 1. The molecular formula is C16H28IN3O2. The maximum absolute atomic E-state index is 10.2. The van der Waals surface area contributed by atoms with Crippen LogP contribution in [-0.4, -0.2) is 37.8 Å². The predicted molar refractivity (Wildman–Crippen MR) is 102 cm³/mol. The summed E-state index contributed by atoms with van der Waals surface area (Å²) in [7, 11) is 1.63. The first-order chi connectivity index (χ1) is 10.1. The molecule has 0 saturated carbocycles. The Balaban J connectivity index is 0.00000441. The standard InChI is InChI=1S/C16H27N3O2.HI/c1-5-17-16(18-10-12(2)3)19-11-15(20)13-6-8-14(21-4)9-7-13;/h6-9,12,15,20H,5,10-11H2,1-4H3,(H2,17,18,19);1H. The van der Waals surface area contributed by atoms with Gasteiger partial charge in [-0.05, 0) is 30.5 Å². The molecule has 126 valence electrons. The van der Waals surface area contributed by atoms with Crippen molar-refractivity contribution in [3.05, 3.63) is 29.8 Å². The van der Waals surface area contributed by atoms with Gasteiger partial charge in [-0.3, -0.25) is 4.99 Å². The smallest absolute Gasteiger partial charge is 0.191 e. The number of nitrogens with zero attached hydrogens (tertiary/aromatic N) is 1. The van der Waals surface area contributed by atoms with Gasteiger partial charge < -0.3 is 20.5 Å². The zero-order chi connectivity index (χ0) is 15.7. The molecule has 1 rings (SSSR count). The third-order valence-electron chi connectivity index (χ3n) is 2.92. The lowest BCUT2D eigenvalue weighted by atomic mass is 10.1. The molecule has 22 heavy (non-hydrogen) atoms. The van der Waals surface area contributed by atoms with Crippen LogP contribution < -0.4 is 15.4 Å². The summed E-state index contributed by atoms with van der Waals surface area (Å²) in [6.45, 7) is 8.23. The molecule has 1 atom stereocenters. The van der Waals surface area contributed by atoms with Gasteiger partial charge in [-0.1, -0.05) is 26.0 Å². The van der Waals surface area contributed by atoms with Gasteiger partial charge in [-0.15, -0.1) is 24.0 Å². The summed E-state index contributed by atoms with van der Waals surface area (Å²) in [5, 5.41) is 16.5. The summed E-state index contributed by atoms with van der Waals surface area (Å²) in [6, 6.07) is 7.42. The van der Waals surface area contributed by atoms with Crippen molar-refractivity contribution in [2.75, 3.05) is 26.7 Å². The van der Waals surface area contributed by atoms with Crippen molar-refractivity contribution < 1.29 is 9.84 Å². The van der Waals surface area contributed by atoms with Crippen LogP contribution in [0.2, 0.25) is 0 Å². The average molecular weight is 421 g/mol. The Morgan fingerprint density at radius 1 is 1.23 bits per heavy atom. The van der Waals surface area contributed by atoms with E-state index in [0.29, 0.717) is 12.5 Å². The highest BCUT2D eigenvalue weighted by Crippen LogP contribution is 2.16. The topological polar surface area (TPSA) is 65.9 Å². The second-order valence-corrected chi connectivity index (χ2v) is 5.28. The van der Waals surface area contributed by atoms with E-state index in [1.54, 1.807) is 7.11 Å². The van der Waals surface area contributed by atoms with Gasteiger partial charge in [-0.2, -0.15) is 0 Å². The van der Waals surface area contributed by atoms with Gasteiger partial charge >= 0.3 is 0 Å². The minimum atomic E-state index is -0.584. The van der Waals surface area contributed by atoms with Crippen LogP contribution in [0.1, 0.15) is 32.4 Å². The molecule has 0 radical (unpaired) electrons. The molecule has 1 unspecified atom stereocenters. The third kappa shape index (κ3) is 7.84.